The lowest BCUT2D eigenvalue weighted by atomic mass is 10.0. The van der Waals surface area contributed by atoms with Gasteiger partial charge >= 0.3 is 0 Å². The molecule has 0 radical (unpaired) electrons. The first-order valence-corrected chi connectivity index (χ1v) is 25.1. The number of fused-ring (bicyclic) bond motifs is 2. The van der Waals surface area contributed by atoms with Gasteiger partial charge in [0.2, 0.25) is 5.95 Å². The van der Waals surface area contributed by atoms with E-state index in [0.29, 0.717) is 83.7 Å². The lowest BCUT2D eigenvalue weighted by Crippen LogP contribution is -2.46. The highest BCUT2D eigenvalue weighted by Crippen LogP contribution is 2.37. The van der Waals surface area contributed by atoms with E-state index in [4.69, 9.17) is 58.1 Å². The van der Waals surface area contributed by atoms with Gasteiger partial charge in [-0.25, -0.2) is 15.0 Å². The van der Waals surface area contributed by atoms with Crippen LogP contribution < -0.4 is 29.1 Å². The molecule has 4 fully saturated rings. The minimum atomic E-state index is 0.145. The number of piperidine rings is 1. The fraction of sp³-hybridized carbons (Fsp3) is 0.500. The quantitative estimate of drug-likeness (QED) is 0.0915. The van der Waals surface area contributed by atoms with Crippen LogP contribution in [0, 0.1) is 0 Å². The van der Waals surface area contributed by atoms with Crippen LogP contribution in [0.4, 0.5) is 23.3 Å². The van der Waals surface area contributed by atoms with E-state index in [2.05, 4.69) is 89.8 Å². The van der Waals surface area contributed by atoms with Gasteiger partial charge in [-0.15, -0.1) is 0 Å². The molecular weight excluding hydrogens is 887 g/mol. The zero-order valence-corrected chi connectivity index (χ0v) is 41.6. The van der Waals surface area contributed by atoms with Crippen LogP contribution in [0.5, 0.6) is 11.5 Å². The van der Waals surface area contributed by atoms with Crippen LogP contribution in [0.2, 0.25) is 0 Å². The molecule has 0 N–H and O–H groups in total. The number of aromatic nitrogens is 5. The van der Waals surface area contributed by atoms with Crippen molar-refractivity contribution in [2.75, 3.05) is 113 Å². The first-order valence-electron chi connectivity index (χ1n) is 25.1. The van der Waals surface area contributed by atoms with Gasteiger partial charge in [-0.1, -0.05) is 0 Å². The summed E-state index contributed by atoms with van der Waals surface area (Å²) >= 11 is 0. The maximum absolute atomic E-state index is 6.22. The number of nitrogens with zero attached hydrogens (tertiary/aromatic N) is 9. The molecule has 16 nitrogen and oxygen atoms in total. The van der Waals surface area contributed by atoms with Crippen LogP contribution >= 0.6 is 0 Å². The van der Waals surface area contributed by atoms with Crippen molar-refractivity contribution in [3.8, 4) is 34.0 Å². The molecule has 0 spiro atoms. The van der Waals surface area contributed by atoms with Gasteiger partial charge in [0.1, 0.15) is 23.1 Å². The van der Waals surface area contributed by atoms with E-state index in [9.17, 15) is 0 Å². The molecule has 0 saturated carbocycles. The number of benzene rings is 2. The molecule has 16 heteroatoms. The standard InChI is InChI=1S/C54H67N9O7/c1-35-9-7-8-18-61(35)50-29-47(60-19-22-66-30-36(60)2)43-12-14-45(55-51(43)57-50)39-10-16-48(64-5)41(27-39)33-69-25-26-70-34-42-28-40(11-17-49(42)65-6)46-15-13-44-52(56-46)58-54(63-21-24-68-32-38(63)4)59-53(44)62-20-23-67-31-37(62)3/h10-17,27-29,35-38H,7-9,18-26,30-34H2,1-6H3/t35-,36-,37-,38-/m1/s1. The van der Waals surface area contributed by atoms with E-state index >= 15 is 0 Å². The average molecular weight is 954 g/mol. The third-order valence-corrected chi connectivity index (χ3v) is 14.2. The maximum atomic E-state index is 6.22. The molecule has 370 valence electrons. The summed E-state index contributed by atoms with van der Waals surface area (Å²) in [6.45, 7) is 17.5. The van der Waals surface area contributed by atoms with E-state index in [-0.39, 0.29) is 18.1 Å². The number of methoxy groups -OCH3 is 2. The second kappa shape index (κ2) is 21.6. The molecule has 10 rings (SSSR count). The Morgan fingerprint density at radius 1 is 0.529 bits per heavy atom. The first kappa shape index (κ1) is 47.8. The lowest BCUT2D eigenvalue weighted by molar-refractivity contribution is 0.0328. The van der Waals surface area contributed by atoms with Crippen molar-refractivity contribution in [1.82, 2.24) is 24.9 Å². The van der Waals surface area contributed by atoms with Crippen molar-refractivity contribution in [3.05, 3.63) is 77.9 Å². The molecule has 0 aliphatic carbocycles. The fourth-order valence-electron chi connectivity index (χ4n) is 10.3. The van der Waals surface area contributed by atoms with Crippen molar-refractivity contribution in [1.29, 1.82) is 0 Å². The third kappa shape index (κ3) is 10.2. The minimum Gasteiger partial charge on any atom is -0.496 e. The molecule has 4 saturated heterocycles. The van der Waals surface area contributed by atoms with Gasteiger partial charge in [-0.05, 0) is 108 Å². The monoisotopic (exact) mass is 954 g/mol. The predicted octanol–water partition coefficient (Wildman–Crippen LogP) is 8.11. The van der Waals surface area contributed by atoms with Gasteiger partial charge in [0.25, 0.3) is 0 Å². The van der Waals surface area contributed by atoms with Crippen molar-refractivity contribution >= 4 is 45.3 Å². The summed E-state index contributed by atoms with van der Waals surface area (Å²) in [5.74, 6) is 4.04. The highest BCUT2D eigenvalue weighted by atomic mass is 16.5. The molecule has 4 aromatic heterocycles. The molecule has 4 atom stereocenters. The highest BCUT2D eigenvalue weighted by Gasteiger charge is 2.29. The van der Waals surface area contributed by atoms with Crippen LogP contribution in [0.1, 0.15) is 58.1 Å². The molecule has 8 heterocycles. The number of morpholine rings is 3. The average Bonchev–Trinajstić information content (AvgIpc) is 3.39. The molecule has 0 unspecified atom stereocenters. The maximum Gasteiger partial charge on any atom is 0.229 e. The van der Waals surface area contributed by atoms with Gasteiger partial charge in [0.15, 0.2) is 11.3 Å². The Morgan fingerprint density at radius 2 is 1.09 bits per heavy atom. The summed E-state index contributed by atoms with van der Waals surface area (Å²) in [4.78, 5) is 35.3. The summed E-state index contributed by atoms with van der Waals surface area (Å²) in [5, 5.41) is 1.96. The van der Waals surface area contributed by atoms with Crippen LogP contribution in [0.3, 0.4) is 0 Å². The molecular formula is C54H67N9O7. The molecule has 4 aliphatic rings. The summed E-state index contributed by atoms with van der Waals surface area (Å²) in [6, 6.07) is 23.9. The van der Waals surface area contributed by atoms with Crippen LogP contribution in [0.25, 0.3) is 44.6 Å². The van der Waals surface area contributed by atoms with E-state index < -0.39 is 0 Å². The van der Waals surface area contributed by atoms with Gasteiger partial charge in [-0.2, -0.15) is 9.97 Å². The lowest BCUT2D eigenvalue weighted by Gasteiger charge is -2.38. The predicted molar refractivity (Wildman–Crippen MR) is 274 cm³/mol. The van der Waals surface area contributed by atoms with Crippen molar-refractivity contribution < 1.29 is 33.2 Å². The van der Waals surface area contributed by atoms with Crippen molar-refractivity contribution in [3.63, 3.8) is 0 Å². The van der Waals surface area contributed by atoms with E-state index in [1.54, 1.807) is 14.2 Å². The van der Waals surface area contributed by atoms with Crippen molar-refractivity contribution in [2.24, 2.45) is 0 Å². The molecule has 0 amide bonds. The van der Waals surface area contributed by atoms with Crippen LogP contribution in [-0.4, -0.2) is 142 Å². The number of rotatable bonds is 15. The smallest absolute Gasteiger partial charge is 0.229 e. The molecule has 70 heavy (non-hydrogen) atoms. The Bertz CT molecular complexity index is 2590. The zero-order valence-electron chi connectivity index (χ0n) is 41.6. The summed E-state index contributed by atoms with van der Waals surface area (Å²) in [7, 11) is 3.36. The zero-order chi connectivity index (χ0) is 48.1. The Balaban J connectivity index is 0.825. The number of pyridine rings is 3. The minimum absolute atomic E-state index is 0.145. The third-order valence-electron chi connectivity index (χ3n) is 14.2. The van der Waals surface area contributed by atoms with Crippen LogP contribution in [-0.2, 0) is 36.9 Å². The molecule has 4 aliphatic heterocycles. The topological polar surface area (TPSA) is 142 Å². The van der Waals surface area contributed by atoms with Crippen LogP contribution in [0.15, 0.2) is 66.7 Å². The Morgan fingerprint density at radius 3 is 1.66 bits per heavy atom. The van der Waals surface area contributed by atoms with E-state index in [0.717, 1.165) is 106 Å². The molecule has 0 bridgehead atoms. The van der Waals surface area contributed by atoms with Gasteiger partial charge in [-0.3, -0.25) is 0 Å². The van der Waals surface area contributed by atoms with Gasteiger partial charge < -0.3 is 52.8 Å². The number of ether oxygens (including phenoxy) is 7. The SMILES string of the molecule is COc1ccc(-c2ccc3c(N4CCOC[C@H]4C)cc(N4CCCC[C@H]4C)nc3n2)cc1COCCOCc1cc(-c2ccc3c(N4CCOC[C@H]4C)nc(N4CCOC[C@H]4C)nc3n2)ccc1OC. The van der Waals surface area contributed by atoms with E-state index in [1.807, 2.05) is 24.3 Å². The largest absolute Gasteiger partial charge is 0.496 e. The number of anilines is 4. The summed E-state index contributed by atoms with van der Waals surface area (Å²) in [5.41, 5.74) is 7.96. The summed E-state index contributed by atoms with van der Waals surface area (Å²) < 4.78 is 41.4. The Labute approximate surface area is 411 Å². The Hall–Kier alpha value is -5.91. The second-order valence-corrected chi connectivity index (χ2v) is 19.0. The summed E-state index contributed by atoms with van der Waals surface area (Å²) in [6.07, 6.45) is 3.58. The second-order valence-electron chi connectivity index (χ2n) is 19.0. The molecule has 2 aromatic carbocycles. The highest BCUT2D eigenvalue weighted by molar-refractivity contribution is 5.93. The normalized spacial score (nSPS) is 21.2. The van der Waals surface area contributed by atoms with Gasteiger partial charge in [0.05, 0.1) is 115 Å². The number of hydrogen-bond acceptors (Lipinski definition) is 16. The van der Waals surface area contributed by atoms with Gasteiger partial charge in [0, 0.05) is 72.0 Å². The molecule has 6 aromatic rings. The van der Waals surface area contributed by atoms with Crippen molar-refractivity contribution in [2.45, 2.75) is 84.3 Å². The fourth-order valence-corrected chi connectivity index (χ4v) is 10.3. The Kier molecular flexibility index (Phi) is 14.7. The van der Waals surface area contributed by atoms with E-state index in [1.165, 1.54) is 18.5 Å². The number of hydrogen-bond donors (Lipinski definition) is 0. The first-order chi connectivity index (χ1) is 34.3.